The lowest BCUT2D eigenvalue weighted by Crippen LogP contribution is -2.16. The maximum Gasteiger partial charge on any atom is 0.255 e. The molecule has 0 saturated heterocycles. The first kappa shape index (κ1) is 23.5. The Labute approximate surface area is 206 Å². The Bertz CT molecular complexity index is 1300. The molecule has 0 atom stereocenters. The zero-order chi connectivity index (χ0) is 24.3. The van der Waals surface area contributed by atoms with E-state index in [4.69, 9.17) is 11.6 Å². The van der Waals surface area contributed by atoms with E-state index in [9.17, 15) is 4.79 Å². The molecular weight excluding hydrogens is 442 g/mol. The number of carbonyl (C=O) groups excluding carboxylic acids is 1. The van der Waals surface area contributed by atoms with E-state index in [2.05, 4.69) is 43.2 Å². The number of hydrogen-bond donors (Lipinski definition) is 1. The Morgan fingerprint density at radius 3 is 2.26 bits per heavy atom. The fourth-order valence-corrected chi connectivity index (χ4v) is 4.06. The summed E-state index contributed by atoms with van der Waals surface area (Å²) in [6, 6.07) is 27.3. The molecule has 0 unspecified atom stereocenters. The number of benzene rings is 3. The summed E-state index contributed by atoms with van der Waals surface area (Å²) < 4.78 is 0. The average molecular weight is 470 g/mol. The van der Waals surface area contributed by atoms with Crippen molar-refractivity contribution < 1.29 is 4.79 Å². The van der Waals surface area contributed by atoms with Crippen molar-refractivity contribution in [3.05, 3.63) is 107 Å². The van der Waals surface area contributed by atoms with Crippen LogP contribution in [0.4, 0.5) is 17.2 Å². The number of amides is 1. The molecule has 34 heavy (non-hydrogen) atoms. The molecular formula is C29H28ClN3O. The van der Waals surface area contributed by atoms with Gasteiger partial charge in [0.2, 0.25) is 0 Å². The molecule has 4 aromatic rings. The number of anilines is 3. The predicted octanol–water partition coefficient (Wildman–Crippen LogP) is 7.72. The van der Waals surface area contributed by atoms with Crippen LogP contribution in [0, 0.1) is 0 Å². The lowest BCUT2D eigenvalue weighted by molar-refractivity contribution is 0.102. The van der Waals surface area contributed by atoms with Gasteiger partial charge in [0.05, 0.1) is 10.7 Å². The number of halogens is 1. The summed E-state index contributed by atoms with van der Waals surface area (Å²) in [7, 11) is 1.91. The van der Waals surface area contributed by atoms with E-state index < -0.39 is 0 Å². The van der Waals surface area contributed by atoms with Gasteiger partial charge in [-0.3, -0.25) is 4.79 Å². The first-order chi connectivity index (χ1) is 16.2. The van der Waals surface area contributed by atoms with Gasteiger partial charge < -0.3 is 10.2 Å². The van der Waals surface area contributed by atoms with Crippen molar-refractivity contribution in [3.63, 3.8) is 0 Å². The number of carbonyl (C=O) groups is 1. The van der Waals surface area contributed by atoms with Crippen molar-refractivity contribution in [1.82, 2.24) is 4.98 Å². The molecule has 0 spiro atoms. The number of nitrogens with one attached hydrogen (secondary N) is 1. The van der Waals surface area contributed by atoms with Crippen molar-refractivity contribution in [1.29, 1.82) is 0 Å². The molecule has 172 valence electrons. The van der Waals surface area contributed by atoms with Crippen LogP contribution in [-0.4, -0.2) is 17.9 Å². The van der Waals surface area contributed by atoms with Crippen molar-refractivity contribution in [2.24, 2.45) is 0 Å². The van der Waals surface area contributed by atoms with E-state index in [-0.39, 0.29) is 11.3 Å². The molecule has 0 radical (unpaired) electrons. The van der Waals surface area contributed by atoms with Crippen LogP contribution in [0.1, 0.15) is 36.7 Å². The highest BCUT2D eigenvalue weighted by molar-refractivity contribution is 6.33. The molecule has 0 bridgehead atoms. The molecule has 4 rings (SSSR count). The van der Waals surface area contributed by atoms with Crippen molar-refractivity contribution in [2.45, 2.75) is 26.2 Å². The number of aromatic nitrogens is 1. The summed E-state index contributed by atoms with van der Waals surface area (Å²) in [5.74, 6) is 0.446. The first-order valence-corrected chi connectivity index (χ1v) is 11.6. The Kier molecular flexibility index (Phi) is 6.71. The first-order valence-electron chi connectivity index (χ1n) is 11.2. The molecule has 1 heterocycles. The predicted molar refractivity (Wildman–Crippen MR) is 142 cm³/mol. The largest absolute Gasteiger partial charge is 0.328 e. The molecule has 0 fully saturated rings. The maximum atomic E-state index is 13.2. The summed E-state index contributed by atoms with van der Waals surface area (Å²) in [5, 5.41) is 3.55. The van der Waals surface area contributed by atoms with Crippen LogP contribution in [0.25, 0.3) is 11.1 Å². The minimum atomic E-state index is -0.176. The molecule has 3 aromatic carbocycles. The fraction of sp³-hybridized carbons (Fsp3) is 0.172. The third-order valence-electron chi connectivity index (χ3n) is 5.77. The minimum Gasteiger partial charge on any atom is -0.328 e. The third-order valence-corrected chi connectivity index (χ3v) is 6.07. The van der Waals surface area contributed by atoms with Gasteiger partial charge in [-0.1, -0.05) is 80.9 Å². The Hall–Kier alpha value is -3.63. The molecule has 0 aliphatic carbocycles. The SMILES string of the molecule is CN(c1cc(C(=O)Nc2ccc(C(C)(C)C)cc2)ccc1-c1ccccc1)c1ncccc1Cl. The lowest BCUT2D eigenvalue weighted by Gasteiger charge is -2.23. The van der Waals surface area contributed by atoms with Crippen molar-refractivity contribution in [3.8, 4) is 11.1 Å². The Balaban J connectivity index is 1.69. The molecule has 1 amide bonds. The van der Waals surface area contributed by atoms with E-state index >= 15 is 0 Å². The second kappa shape index (κ2) is 9.70. The number of nitrogens with zero attached hydrogens (tertiary/aromatic N) is 2. The van der Waals surface area contributed by atoms with E-state index in [1.165, 1.54) is 5.56 Å². The second-order valence-electron chi connectivity index (χ2n) is 9.25. The number of hydrogen-bond acceptors (Lipinski definition) is 3. The van der Waals surface area contributed by atoms with Gasteiger partial charge >= 0.3 is 0 Å². The van der Waals surface area contributed by atoms with E-state index in [0.29, 0.717) is 16.4 Å². The summed E-state index contributed by atoms with van der Waals surface area (Å²) >= 11 is 6.44. The van der Waals surface area contributed by atoms with Crippen molar-refractivity contribution in [2.75, 3.05) is 17.3 Å². The van der Waals surface area contributed by atoms with Gasteiger partial charge in [-0.15, -0.1) is 0 Å². The summed E-state index contributed by atoms with van der Waals surface area (Å²) in [6.45, 7) is 6.50. The third kappa shape index (κ3) is 5.13. The summed E-state index contributed by atoms with van der Waals surface area (Å²) in [6.07, 6.45) is 1.71. The topological polar surface area (TPSA) is 45.2 Å². The van der Waals surface area contributed by atoms with Crippen LogP contribution in [0.3, 0.4) is 0 Å². The molecule has 5 heteroatoms. The lowest BCUT2D eigenvalue weighted by atomic mass is 9.87. The fourth-order valence-electron chi connectivity index (χ4n) is 3.81. The van der Waals surface area contributed by atoms with E-state index in [1.54, 1.807) is 18.3 Å². The highest BCUT2D eigenvalue weighted by Crippen LogP contribution is 2.36. The summed E-state index contributed by atoms with van der Waals surface area (Å²) in [5.41, 5.74) is 5.44. The molecule has 0 saturated carbocycles. The highest BCUT2D eigenvalue weighted by atomic mass is 35.5. The normalized spacial score (nSPS) is 11.2. The van der Waals surface area contributed by atoms with Crippen LogP contribution in [0.5, 0.6) is 0 Å². The average Bonchev–Trinajstić information content (AvgIpc) is 2.84. The van der Waals surface area contributed by atoms with Crippen LogP contribution in [-0.2, 0) is 5.41 Å². The highest BCUT2D eigenvalue weighted by Gasteiger charge is 2.18. The van der Waals surface area contributed by atoms with Crippen LogP contribution in [0.2, 0.25) is 5.02 Å². The Morgan fingerprint density at radius 2 is 1.62 bits per heavy atom. The monoisotopic (exact) mass is 469 g/mol. The van der Waals surface area contributed by atoms with Gasteiger partial charge in [0.25, 0.3) is 5.91 Å². The van der Waals surface area contributed by atoms with Crippen LogP contribution < -0.4 is 10.2 Å². The minimum absolute atomic E-state index is 0.0576. The van der Waals surface area contributed by atoms with Crippen molar-refractivity contribution >= 4 is 34.7 Å². The van der Waals surface area contributed by atoms with Gasteiger partial charge in [0.1, 0.15) is 0 Å². The zero-order valence-corrected chi connectivity index (χ0v) is 20.6. The smallest absolute Gasteiger partial charge is 0.255 e. The number of pyridine rings is 1. The molecule has 1 N–H and O–H groups in total. The van der Waals surface area contributed by atoms with E-state index in [1.807, 2.05) is 72.6 Å². The molecule has 0 aliphatic heterocycles. The van der Waals surface area contributed by atoms with Gasteiger partial charge in [-0.05, 0) is 52.9 Å². The second-order valence-corrected chi connectivity index (χ2v) is 9.65. The molecule has 1 aromatic heterocycles. The number of rotatable bonds is 5. The molecule has 0 aliphatic rings. The maximum absolute atomic E-state index is 13.2. The van der Waals surface area contributed by atoms with Gasteiger partial charge in [-0.2, -0.15) is 0 Å². The van der Waals surface area contributed by atoms with Gasteiger partial charge in [0, 0.05) is 30.1 Å². The summed E-state index contributed by atoms with van der Waals surface area (Å²) in [4.78, 5) is 19.5. The van der Waals surface area contributed by atoms with Gasteiger partial charge in [-0.25, -0.2) is 4.98 Å². The van der Waals surface area contributed by atoms with Crippen LogP contribution >= 0.6 is 11.6 Å². The molecule has 4 nitrogen and oxygen atoms in total. The standard InChI is InChI=1S/C29H28ClN3O/c1-29(2,3)22-13-15-23(16-14-22)32-28(34)21-12-17-24(20-9-6-5-7-10-20)26(19-21)33(4)27-25(30)11-8-18-31-27/h5-19H,1-4H3,(H,32,34). The van der Waals surface area contributed by atoms with E-state index in [0.717, 1.165) is 22.5 Å². The zero-order valence-electron chi connectivity index (χ0n) is 19.8. The van der Waals surface area contributed by atoms with Gasteiger partial charge in [0.15, 0.2) is 5.82 Å². The van der Waals surface area contributed by atoms with Crippen LogP contribution in [0.15, 0.2) is 91.1 Å². The Morgan fingerprint density at radius 1 is 0.912 bits per heavy atom. The quantitative estimate of drug-likeness (QED) is 0.325.